The van der Waals surface area contributed by atoms with Gasteiger partial charge in [0.1, 0.15) is 0 Å². The molecule has 6 rings (SSSR count). The van der Waals surface area contributed by atoms with Crippen LogP contribution in [0, 0.1) is 0 Å². The standard InChI is InChI=1S/C35H54N8O/c36-28-14-16-29(17-15-28)38-33-32-34(43(26-37-32)31-12-6-7-13-31)41-35(40-33)39-30-18-22-42(23-19-30)21-8-1-2-9-24-44-25-20-27-10-4-3-5-11-27/h3-5,10-11,26,28-31H,1-2,6-9,12-25,36H2,(H2,38,39,40,41). The van der Waals surface area contributed by atoms with Crippen molar-refractivity contribution in [2.45, 2.75) is 120 Å². The lowest BCUT2D eigenvalue weighted by Gasteiger charge is -2.32. The van der Waals surface area contributed by atoms with E-state index in [-0.39, 0.29) is 0 Å². The van der Waals surface area contributed by atoms with Gasteiger partial charge in [-0.25, -0.2) is 4.98 Å². The molecule has 1 aliphatic heterocycles. The summed E-state index contributed by atoms with van der Waals surface area (Å²) in [6.07, 6.45) is 19.5. The molecule has 44 heavy (non-hydrogen) atoms. The van der Waals surface area contributed by atoms with E-state index >= 15 is 0 Å². The van der Waals surface area contributed by atoms with Crippen LogP contribution >= 0.6 is 0 Å². The number of nitrogens with two attached hydrogens (primary N) is 1. The summed E-state index contributed by atoms with van der Waals surface area (Å²) >= 11 is 0. The van der Waals surface area contributed by atoms with Crippen LogP contribution in [0.4, 0.5) is 11.8 Å². The van der Waals surface area contributed by atoms with Gasteiger partial charge >= 0.3 is 0 Å². The third-order valence-corrected chi connectivity index (χ3v) is 10.1. The van der Waals surface area contributed by atoms with Crippen molar-refractivity contribution >= 4 is 22.9 Å². The largest absolute Gasteiger partial charge is 0.381 e. The molecule has 3 fully saturated rings. The zero-order chi connectivity index (χ0) is 30.0. The fourth-order valence-corrected chi connectivity index (χ4v) is 7.30. The Hall–Kier alpha value is -2.75. The van der Waals surface area contributed by atoms with Crippen molar-refractivity contribution in [3.8, 4) is 0 Å². The minimum Gasteiger partial charge on any atom is -0.381 e. The van der Waals surface area contributed by atoms with E-state index in [2.05, 4.69) is 50.4 Å². The summed E-state index contributed by atoms with van der Waals surface area (Å²) in [5, 5.41) is 7.48. The summed E-state index contributed by atoms with van der Waals surface area (Å²) in [5.41, 5.74) is 9.42. The molecule has 2 aromatic heterocycles. The van der Waals surface area contributed by atoms with Gasteiger partial charge in [0.2, 0.25) is 5.95 Å². The molecular formula is C35H54N8O. The normalized spacial score (nSPS) is 22.1. The van der Waals surface area contributed by atoms with Crippen molar-refractivity contribution < 1.29 is 4.74 Å². The maximum absolute atomic E-state index is 6.18. The minimum atomic E-state index is 0.332. The molecular weight excluding hydrogens is 548 g/mol. The molecule has 2 aliphatic carbocycles. The van der Waals surface area contributed by atoms with Gasteiger partial charge in [-0.2, -0.15) is 9.97 Å². The SMILES string of the molecule is NC1CCC(Nc2nc(NC3CCN(CCCCCCOCCc4ccccc4)CC3)nc3c2ncn3C2CCCC2)CC1. The summed E-state index contributed by atoms with van der Waals surface area (Å²) in [6, 6.07) is 12.2. The molecule has 0 radical (unpaired) electrons. The van der Waals surface area contributed by atoms with Gasteiger partial charge in [0.05, 0.1) is 12.9 Å². The van der Waals surface area contributed by atoms with E-state index in [0.29, 0.717) is 24.2 Å². The summed E-state index contributed by atoms with van der Waals surface area (Å²) in [5.74, 6) is 1.63. The van der Waals surface area contributed by atoms with Crippen LogP contribution in [-0.2, 0) is 11.2 Å². The Balaban J connectivity index is 0.940. The first-order valence-electron chi connectivity index (χ1n) is 17.6. The number of ether oxygens (including phenoxy) is 1. The second-order valence-corrected chi connectivity index (χ2v) is 13.4. The van der Waals surface area contributed by atoms with Gasteiger partial charge in [-0.15, -0.1) is 0 Å². The van der Waals surface area contributed by atoms with Crippen LogP contribution in [0.3, 0.4) is 0 Å². The van der Waals surface area contributed by atoms with Crippen LogP contribution in [0.1, 0.15) is 101 Å². The third-order valence-electron chi connectivity index (χ3n) is 10.1. The lowest BCUT2D eigenvalue weighted by molar-refractivity contribution is 0.132. The molecule has 0 bridgehead atoms. The number of hydrogen-bond donors (Lipinski definition) is 3. The number of likely N-dealkylation sites (tertiary alicyclic amines) is 1. The summed E-state index contributed by atoms with van der Waals surface area (Å²) in [6.45, 7) is 5.17. The molecule has 240 valence electrons. The van der Waals surface area contributed by atoms with Crippen LogP contribution in [0.2, 0.25) is 0 Å². The first-order chi connectivity index (χ1) is 21.7. The minimum absolute atomic E-state index is 0.332. The van der Waals surface area contributed by atoms with Crippen LogP contribution in [0.25, 0.3) is 11.2 Å². The summed E-state index contributed by atoms with van der Waals surface area (Å²) < 4.78 is 8.17. The van der Waals surface area contributed by atoms with Crippen molar-refractivity contribution in [1.29, 1.82) is 0 Å². The Morgan fingerprint density at radius 3 is 2.34 bits per heavy atom. The highest BCUT2D eigenvalue weighted by molar-refractivity contribution is 5.84. The molecule has 3 heterocycles. The maximum Gasteiger partial charge on any atom is 0.227 e. The van der Waals surface area contributed by atoms with Gasteiger partial charge in [-0.05, 0) is 82.7 Å². The van der Waals surface area contributed by atoms with Crippen LogP contribution in [0.5, 0.6) is 0 Å². The Kier molecular flexibility index (Phi) is 11.4. The van der Waals surface area contributed by atoms with E-state index in [4.69, 9.17) is 25.4 Å². The van der Waals surface area contributed by atoms with E-state index < -0.39 is 0 Å². The fourth-order valence-electron chi connectivity index (χ4n) is 7.30. The van der Waals surface area contributed by atoms with Crippen LogP contribution < -0.4 is 16.4 Å². The lowest BCUT2D eigenvalue weighted by Crippen LogP contribution is -2.39. The number of unbranched alkanes of at least 4 members (excludes halogenated alkanes) is 3. The second kappa shape index (κ2) is 16.0. The number of nitrogens with zero attached hydrogens (tertiary/aromatic N) is 5. The average Bonchev–Trinajstić information content (AvgIpc) is 3.73. The summed E-state index contributed by atoms with van der Waals surface area (Å²) in [4.78, 5) is 17.5. The third kappa shape index (κ3) is 8.70. The topological polar surface area (TPSA) is 106 Å². The zero-order valence-electron chi connectivity index (χ0n) is 26.6. The molecule has 1 saturated heterocycles. The first kappa shape index (κ1) is 31.2. The molecule has 0 amide bonds. The van der Waals surface area contributed by atoms with Gasteiger partial charge < -0.3 is 30.6 Å². The first-order valence-corrected chi connectivity index (χ1v) is 17.6. The lowest BCUT2D eigenvalue weighted by atomic mass is 9.92. The molecule has 0 unspecified atom stereocenters. The monoisotopic (exact) mass is 602 g/mol. The highest BCUT2D eigenvalue weighted by atomic mass is 16.5. The van der Waals surface area contributed by atoms with E-state index in [9.17, 15) is 0 Å². The Bertz CT molecular complexity index is 1260. The summed E-state index contributed by atoms with van der Waals surface area (Å²) in [7, 11) is 0. The molecule has 3 aromatic rings. The number of aromatic nitrogens is 4. The molecule has 9 nitrogen and oxygen atoms in total. The smallest absolute Gasteiger partial charge is 0.227 e. The highest BCUT2D eigenvalue weighted by Crippen LogP contribution is 2.34. The van der Waals surface area contributed by atoms with E-state index in [0.717, 1.165) is 101 Å². The Morgan fingerprint density at radius 1 is 0.795 bits per heavy atom. The average molecular weight is 603 g/mol. The number of anilines is 2. The molecule has 2 saturated carbocycles. The highest BCUT2D eigenvalue weighted by Gasteiger charge is 2.26. The van der Waals surface area contributed by atoms with Crippen molar-refractivity contribution in [2.24, 2.45) is 5.73 Å². The van der Waals surface area contributed by atoms with Crippen LogP contribution in [0.15, 0.2) is 36.7 Å². The molecule has 4 N–H and O–H groups in total. The van der Waals surface area contributed by atoms with Crippen LogP contribution in [-0.4, -0.2) is 75.4 Å². The molecule has 0 spiro atoms. The van der Waals surface area contributed by atoms with Gasteiger partial charge in [0.15, 0.2) is 17.0 Å². The number of piperidine rings is 1. The zero-order valence-corrected chi connectivity index (χ0v) is 26.6. The van der Waals surface area contributed by atoms with Crippen molar-refractivity contribution in [2.75, 3.05) is 43.5 Å². The number of nitrogens with one attached hydrogen (secondary N) is 2. The van der Waals surface area contributed by atoms with Crippen molar-refractivity contribution in [3.63, 3.8) is 0 Å². The number of hydrogen-bond acceptors (Lipinski definition) is 8. The molecule has 3 aliphatic rings. The predicted octanol–water partition coefficient (Wildman–Crippen LogP) is 6.32. The number of fused-ring (bicyclic) bond motifs is 1. The quantitative estimate of drug-likeness (QED) is 0.174. The van der Waals surface area contributed by atoms with Gasteiger partial charge in [-0.1, -0.05) is 56.0 Å². The Morgan fingerprint density at radius 2 is 1.55 bits per heavy atom. The number of rotatable bonds is 15. The molecule has 0 atom stereocenters. The predicted molar refractivity (Wildman–Crippen MR) is 179 cm³/mol. The van der Waals surface area contributed by atoms with E-state index in [1.165, 1.54) is 57.1 Å². The fraction of sp³-hybridized carbons (Fsp3) is 0.686. The maximum atomic E-state index is 6.18. The molecule has 1 aromatic carbocycles. The number of benzene rings is 1. The van der Waals surface area contributed by atoms with Gasteiger partial charge in [-0.3, -0.25) is 0 Å². The molecule has 9 heteroatoms. The van der Waals surface area contributed by atoms with E-state index in [1.54, 1.807) is 0 Å². The van der Waals surface area contributed by atoms with Crippen molar-refractivity contribution in [3.05, 3.63) is 42.2 Å². The van der Waals surface area contributed by atoms with E-state index in [1.807, 2.05) is 6.33 Å². The Labute approximate surface area is 263 Å². The number of imidazole rings is 1. The van der Waals surface area contributed by atoms with Gasteiger partial charge in [0.25, 0.3) is 0 Å². The van der Waals surface area contributed by atoms with Crippen molar-refractivity contribution in [1.82, 2.24) is 24.4 Å². The second-order valence-electron chi connectivity index (χ2n) is 13.4. The van der Waals surface area contributed by atoms with Gasteiger partial charge in [0, 0.05) is 43.9 Å².